The minimum atomic E-state index is -1.06. The number of hydrogen-bond donors (Lipinski definition) is 2. The number of halogens is 2. The van der Waals surface area contributed by atoms with E-state index in [1.165, 1.54) is 7.11 Å². The van der Waals surface area contributed by atoms with Crippen LogP contribution >= 0.6 is 23.2 Å². The topological polar surface area (TPSA) is 70.7 Å². The molecule has 3 aliphatic heterocycles. The van der Waals surface area contributed by atoms with Crippen LogP contribution in [-0.4, -0.2) is 36.4 Å². The molecule has 2 fully saturated rings. The van der Waals surface area contributed by atoms with Crippen molar-refractivity contribution in [1.29, 1.82) is 0 Å². The molecule has 0 bridgehead atoms. The Morgan fingerprint density at radius 1 is 1.23 bits per heavy atom. The lowest BCUT2D eigenvalue weighted by Crippen LogP contribution is -2.53. The van der Waals surface area contributed by atoms with Crippen molar-refractivity contribution in [2.24, 2.45) is 5.92 Å². The second-order valence-corrected chi connectivity index (χ2v) is 8.89. The van der Waals surface area contributed by atoms with E-state index in [-0.39, 0.29) is 17.9 Å². The Hall–Kier alpha value is -2.28. The summed E-state index contributed by atoms with van der Waals surface area (Å²) in [6.45, 7) is 0.772. The number of ether oxygens (including phenoxy) is 1. The van der Waals surface area contributed by atoms with Crippen LogP contribution in [0.2, 0.25) is 10.0 Å². The van der Waals surface area contributed by atoms with Crippen molar-refractivity contribution in [3.8, 4) is 5.75 Å². The number of methoxy groups -OCH3 is 1. The molecule has 30 heavy (non-hydrogen) atoms. The van der Waals surface area contributed by atoms with Crippen molar-refractivity contribution in [1.82, 2.24) is 4.90 Å². The second kappa shape index (κ2) is 7.15. The van der Waals surface area contributed by atoms with Crippen LogP contribution in [0.5, 0.6) is 5.75 Å². The number of rotatable bonds is 3. The van der Waals surface area contributed by atoms with Gasteiger partial charge in [0.1, 0.15) is 11.3 Å². The number of benzene rings is 2. The molecule has 2 saturated heterocycles. The van der Waals surface area contributed by atoms with Crippen molar-refractivity contribution < 1.29 is 14.3 Å². The number of anilines is 2. The Kier molecular flexibility index (Phi) is 4.69. The Bertz CT molecular complexity index is 1060. The third-order valence-electron chi connectivity index (χ3n) is 6.56. The summed E-state index contributed by atoms with van der Waals surface area (Å²) in [6.07, 6.45) is 2.58. The minimum absolute atomic E-state index is 0.164. The molecule has 3 aliphatic rings. The van der Waals surface area contributed by atoms with Crippen molar-refractivity contribution >= 4 is 46.4 Å². The maximum Gasteiger partial charge on any atom is 0.250 e. The highest BCUT2D eigenvalue weighted by Crippen LogP contribution is 2.56. The quantitative estimate of drug-likeness (QED) is 0.739. The molecule has 156 valence electrons. The largest absolute Gasteiger partial charge is 0.495 e. The van der Waals surface area contributed by atoms with E-state index in [0.717, 1.165) is 30.6 Å². The Morgan fingerprint density at radius 2 is 2.00 bits per heavy atom. The van der Waals surface area contributed by atoms with E-state index in [0.29, 0.717) is 27.9 Å². The van der Waals surface area contributed by atoms with Crippen molar-refractivity contribution in [3.63, 3.8) is 0 Å². The van der Waals surface area contributed by atoms with Crippen molar-refractivity contribution in [3.05, 3.63) is 52.0 Å². The molecule has 3 heterocycles. The Morgan fingerprint density at radius 3 is 2.80 bits per heavy atom. The molecule has 3 atom stereocenters. The van der Waals surface area contributed by atoms with Crippen molar-refractivity contribution in [2.45, 2.75) is 30.8 Å². The number of nitrogens with zero attached hydrogens (tertiary/aromatic N) is 1. The highest BCUT2D eigenvalue weighted by molar-refractivity contribution is 6.31. The van der Waals surface area contributed by atoms with Gasteiger partial charge in [0.05, 0.1) is 18.7 Å². The van der Waals surface area contributed by atoms with E-state index >= 15 is 0 Å². The van der Waals surface area contributed by atoms with E-state index in [9.17, 15) is 9.59 Å². The molecular weight excluding hydrogens is 425 g/mol. The van der Waals surface area contributed by atoms with Gasteiger partial charge in [-0.15, -0.1) is 0 Å². The zero-order valence-electron chi connectivity index (χ0n) is 16.4. The molecule has 2 N–H and O–H groups in total. The fourth-order valence-corrected chi connectivity index (χ4v) is 5.74. The van der Waals surface area contributed by atoms with Gasteiger partial charge in [0.2, 0.25) is 11.8 Å². The average Bonchev–Trinajstić information content (AvgIpc) is 3.37. The second-order valence-electron chi connectivity index (χ2n) is 8.02. The van der Waals surface area contributed by atoms with E-state index in [1.54, 1.807) is 24.3 Å². The van der Waals surface area contributed by atoms with Gasteiger partial charge in [0.15, 0.2) is 0 Å². The molecular formula is C22H21Cl2N3O3. The normalized spacial score (nSPS) is 27.1. The number of carbonyl (C=O) groups excluding carboxylic acids is 2. The highest BCUT2D eigenvalue weighted by atomic mass is 35.5. The van der Waals surface area contributed by atoms with E-state index in [4.69, 9.17) is 27.9 Å². The molecule has 8 heteroatoms. The number of hydrogen-bond acceptors (Lipinski definition) is 4. The predicted octanol–water partition coefficient (Wildman–Crippen LogP) is 4.27. The molecule has 0 saturated carbocycles. The molecule has 0 aliphatic carbocycles. The lowest BCUT2D eigenvalue weighted by atomic mass is 9.78. The van der Waals surface area contributed by atoms with Gasteiger partial charge in [-0.25, -0.2) is 0 Å². The van der Waals surface area contributed by atoms with Gasteiger partial charge < -0.3 is 15.4 Å². The van der Waals surface area contributed by atoms with Crippen LogP contribution in [0.3, 0.4) is 0 Å². The number of nitrogens with one attached hydrogen (secondary N) is 2. The fourth-order valence-electron chi connectivity index (χ4n) is 5.39. The van der Waals surface area contributed by atoms with Crippen LogP contribution in [0.1, 0.15) is 24.8 Å². The molecule has 1 spiro atoms. The van der Waals surface area contributed by atoms with Gasteiger partial charge in [-0.3, -0.25) is 14.5 Å². The fraction of sp³-hybridized carbons (Fsp3) is 0.364. The summed E-state index contributed by atoms with van der Waals surface area (Å²) >= 11 is 12.4. The lowest BCUT2D eigenvalue weighted by molar-refractivity contribution is -0.135. The van der Waals surface area contributed by atoms with Gasteiger partial charge in [-0.1, -0.05) is 23.2 Å². The van der Waals surface area contributed by atoms with E-state index < -0.39 is 11.5 Å². The van der Waals surface area contributed by atoms with E-state index in [1.807, 2.05) is 12.1 Å². The summed E-state index contributed by atoms with van der Waals surface area (Å²) < 4.78 is 5.37. The van der Waals surface area contributed by atoms with Gasteiger partial charge in [0.25, 0.3) is 0 Å². The Labute approximate surface area is 184 Å². The number of amides is 2. The zero-order chi connectivity index (χ0) is 21.0. The molecule has 2 aromatic carbocycles. The van der Waals surface area contributed by atoms with Gasteiger partial charge in [-0.05, 0) is 62.2 Å². The van der Waals surface area contributed by atoms with Crippen LogP contribution in [0.15, 0.2) is 36.4 Å². The maximum atomic E-state index is 13.6. The first-order valence-electron chi connectivity index (χ1n) is 9.97. The first-order chi connectivity index (χ1) is 14.4. The van der Waals surface area contributed by atoms with Crippen molar-refractivity contribution in [2.75, 3.05) is 24.3 Å². The molecule has 0 radical (unpaired) electrons. The van der Waals surface area contributed by atoms with Crippen LogP contribution in [0, 0.1) is 5.92 Å². The number of carbonyl (C=O) groups is 2. The zero-order valence-corrected chi connectivity index (χ0v) is 17.9. The summed E-state index contributed by atoms with van der Waals surface area (Å²) in [5, 5.41) is 6.98. The molecule has 6 nitrogen and oxygen atoms in total. The highest BCUT2D eigenvalue weighted by Gasteiger charge is 2.65. The first kappa shape index (κ1) is 19.7. The van der Waals surface area contributed by atoms with Crippen LogP contribution < -0.4 is 15.4 Å². The third-order valence-corrected chi connectivity index (χ3v) is 7.03. The maximum absolute atomic E-state index is 13.6. The molecule has 0 aromatic heterocycles. The first-order valence-corrected chi connectivity index (χ1v) is 10.7. The van der Waals surface area contributed by atoms with E-state index in [2.05, 4.69) is 15.5 Å². The molecule has 0 unspecified atom stereocenters. The van der Waals surface area contributed by atoms with Crippen LogP contribution in [0.4, 0.5) is 11.4 Å². The van der Waals surface area contributed by atoms with Gasteiger partial charge in [-0.2, -0.15) is 0 Å². The molecule has 2 amide bonds. The lowest BCUT2D eigenvalue weighted by Gasteiger charge is -2.36. The average molecular weight is 446 g/mol. The number of fused-ring (bicyclic) bond motifs is 4. The smallest absolute Gasteiger partial charge is 0.250 e. The molecule has 2 aromatic rings. The minimum Gasteiger partial charge on any atom is -0.495 e. The summed E-state index contributed by atoms with van der Waals surface area (Å²) in [4.78, 5) is 29.2. The third kappa shape index (κ3) is 2.74. The van der Waals surface area contributed by atoms with Gasteiger partial charge >= 0.3 is 0 Å². The summed E-state index contributed by atoms with van der Waals surface area (Å²) in [7, 11) is 1.54. The van der Waals surface area contributed by atoms with Crippen LogP contribution in [-0.2, 0) is 15.1 Å². The summed E-state index contributed by atoms with van der Waals surface area (Å²) in [6, 6.07) is 10.6. The summed E-state index contributed by atoms with van der Waals surface area (Å²) in [5.41, 5.74) is 0.928. The SMILES string of the molecule is COc1ccc(Cl)cc1NC(=O)[C@@H]1C[C@H]2CCCN2[C@@]12C(=O)Nc1ccc(Cl)cc12. The van der Waals surface area contributed by atoms with Gasteiger partial charge in [0, 0.05) is 27.3 Å². The molecule has 5 rings (SSSR count). The monoisotopic (exact) mass is 445 g/mol. The standard InChI is InChI=1S/C22H21Cl2N3O3/c1-30-19-7-5-13(24)10-18(19)25-20(28)16-11-14-3-2-8-27(14)22(16)15-9-12(23)4-6-17(15)26-21(22)29/h4-7,9-10,14,16H,2-3,8,11H2,1H3,(H,25,28)(H,26,29)/t14-,16+,22-/m1/s1. The van der Waals surface area contributed by atoms with Crippen LogP contribution in [0.25, 0.3) is 0 Å². The summed E-state index contributed by atoms with van der Waals surface area (Å²) in [5.74, 6) is -0.443. The Balaban J connectivity index is 1.59. The predicted molar refractivity (Wildman–Crippen MR) is 116 cm³/mol.